The van der Waals surface area contributed by atoms with Gasteiger partial charge in [-0.25, -0.2) is 0 Å². The molecule has 2 nitrogen and oxygen atoms in total. The fourth-order valence-electron chi connectivity index (χ4n) is 5.28. The molecule has 1 atom stereocenters. The van der Waals surface area contributed by atoms with Gasteiger partial charge in [-0.1, -0.05) is 141 Å². The highest BCUT2D eigenvalue weighted by Gasteiger charge is 2.12. The van der Waals surface area contributed by atoms with Crippen molar-refractivity contribution < 1.29 is 5.11 Å². The zero-order valence-electron chi connectivity index (χ0n) is 25.9. The van der Waals surface area contributed by atoms with E-state index in [2.05, 4.69) is 50.0 Å². The maximum atomic E-state index is 9.36. The molecular weight excluding hydrogens is 450 g/mol. The monoisotopic (exact) mass is 520 g/mol. The predicted molar refractivity (Wildman–Crippen MR) is 169 cm³/mol. The van der Waals surface area contributed by atoms with Gasteiger partial charge in [0.2, 0.25) is 0 Å². The fraction of sp³-hybridized carbons (Fsp3) is 0.886. The summed E-state index contributed by atoms with van der Waals surface area (Å²) in [6, 6.07) is 0. The number of nitrogens with zero attached hydrogens (tertiary/aromatic N) is 1. The third-order valence-electron chi connectivity index (χ3n) is 7.84. The molecule has 0 aliphatic rings. The van der Waals surface area contributed by atoms with Gasteiger partial charge in [-0.05, 0) is 70.4 Å². The van der Waals surface area contributed by atoms with E-state index in [0.717, 1.165) is 25.3 Å². The third kappa shape index (κ3) is 28.2. The Morgan fingerprint density at radius 2 is 1.00 bits per heavy atom. The number of unbranched alkanes of at least 4 members (excludes halogenated alkanes) is 14. The first-order valence-corrected chi connectivity index (χ1v) is 16.9. The molecule has 1 N–H and O–H groups in total. The molecule has 0 fully saturated rings. The number of hydrogen-bond acceptors (Lipinski definition) is 2. The Morgan fingerprint density at radius 3 is 1.65 bits per heavy atom. The van der Waals surface area contributed by atoms with Crippen molar-refractivity contribution in [3.05, 3.63) is 24.3 Å². The third-order valence-corrected chi connectivity index (χ3v) is 7.84. The van der Waals surface area contributed by atoms with Gasteiger partial charge in [-0.3, -0.25) is 0 Å². The fourth-order valence-corrected chi connectivity index (χ4v) is 5.28. The van der Waals surface area contributed by atoms with E-state index in [9.17, 15) is 5.11 Å². The summed E-state index contributed by atoms with van der Waals surface area (Å²) in [5.74, 6) is 0.912. The van der Waals surface area contributed by atoms with Gasteiger partial charge in [0.1, 0.15) is 0 Å². The Balaban J connectivity index is 3.87. The van der Waals surface area contributed by atoms with Crippen LogP contribution < -0.4 is 0 Å². The molecule has 0 heterocycles. The molecule has 0 spiro atoms. The highest BCUT2D eigenvalue weighted by atomic mass is 16.3. The van der Waals surface area contributed by atoms with Crippen LogP contribution in [0.2, 0.25) is 0 Å². The summed E-state index contributed by atoms with van der Waals surface area (Å²) < 4.78 is 0. The van der Waals surface area contributed by atoms with Crippen molar-refractivity contribution in [1.82, 2.24) is 4.90 Å². The van der Waals surface area contributed by atoms with Crippen LogP contribution in [0.1, 0.15) is 168 Å². The molecule has 1 unspecified atom stereocenters. The van der Waals surface area contributed by atoms with Gasteiger partial charge in [0.15, 0.2) is 0 Å². The van der Waals surface area contributed by atoms with Gasteiger partial charge in [0, 0.05) is 13.2 Å². The summed E-state index contributed by atoms with van der Waals surface area (Å²) in [6.45, 7) is 10.8. The summed E-state index contributed by atoms with van der Waals surface area (Å²) >= 11 is 0. The Morgan fingerprint density at radius 1 is 0.486 bits per heavy atom. The molecule has 0 aromatic carbocycles. The lowest BCUT2D eigenvalue weighted by Crippen LogP contribution is -2.29. The van der Waals surface area contributed by atoms with Crippen LogP contribution in [-0.4, -0.2) is 36.2 Å². The van der Waals surface area contributed by atoms with Crippen LogP contribution in [-0.2, 0) is 0 Å². The van der Waals surface area contributed by atoms with Gasteiger partial charge < -0.3 is 10.0 Å². The van der Waals surface area contributed by atoms with E-state index in [1.54, 1.807) is 0 Å². The Hall–Kier alpha value is -0.600. The first-order chi connectivity index (χ1) is 18.3. The van der Waals surface area contributed by atoms with Crippen molar-refractivity contribution in [3.8, 4) is 0 Å². The molecule has 0 aliphatic heterocycles. The molecular formula is C35H69NO. The lowest BCUT2D eigenvalue weighted by molar-refractivity contribution is 0.205. The second-order valence-electron chi connectivity index (χ2n) is 11.5. The average molecular weight is 520 g/mol. The van der Waals surface area contributed by atoms with Crippen LogP contribution in [0.4, 0.5) is 0 Å². The van der Waals surface area contributed by atoms with Crippen LogP contribution in [0.3, 0.4) is 0 Å². The molecule has 0 aromatic heterocycles. The Labute approximate surface area is 234 Å². The number of allylic oxidation sites excluding steroid dienone is 4. The van der Waals surface area contributed by atoms with E-state index in [-0.39, 0.29) is 0 Å². The molecule has 2 heteroatoms. The van der Waals surface area contributed by atoms with Gasteiger partial charge in [-0.15, -0.1) is 0 Å². The molecule has 220 valence electrons. The molecule has 0 amide bonds. The van der Waals surface area contributed by atoms with Crippen LogP contribution in [0.25, 0.3) is 0 Å². The minimum atomic E-state index is 0.331. The summed E-state index contributed by atoms with van der Waals surface area (Å²) in [5, 5.41) is 9.36. The molecule has 0 saturated heterocycles. The largest absolute Gasteiger partial charge is 0.396 e. The van der Waals surface area contributed by atoms with E-state index in [4.69, 9.17) is 0 Å². The highest BCUT2D eigenvalue weighted by molar-refractivity contribution is 4.92. The molecule has 0 saturated carbocycles. The second-order valence-corrected chi connectivity index (χ2v) is 11.5. The summed E-state index contributed by atoms with van der Waals surface area (Å²) in [6.07, 6.45) is 40.1. The highest BCUT2D eigenvalue weighted by Crippen LogP contribution is 2.21. The van der Waals surface area contributed by atoms with Crippen LogP contribution in [0.5, 0.6) is 0 Å². The predicted octanol–water partition coefficient (Wildman–Crippen LogP) is 11.0. The van der Waals surface area contributed by atoms with Crippen molar-refractivity contribution in [3.63, 3.8) is 0 Å². The molecule has 0 bridgehead atoms. The zero-order valence-corrected chi connectivity index (χ0v) is 25.9. The topological polar surface area (TPSA) is 23.5 Å². The minimum Gasteiger partial charge on any atom is -0.396 e. The van der Waals surface area contributed by atoms with Crippen LogP contribution in [0, 0.1) is 5.92 Å². The SMILES string of the molecule is CCCCC/C=C\C/C=C\CCCCCCCCCN(CCCO)CCC(CCCC)CCCCCC. The van der Waals surface area contributed by atoms with Crippen molar-refractivity contribution in [2.45, 2.75) is 168 Å². The molecule has 0 aromatic rings. The average Bonchev–Trinajstić information content (AvgIpc) is 2.91. The molecule has 37 heavy (non-hydrogen) atoms. The van der Waals surface area contributed by atoms with Crippen LogP contribution >= 0.6 is 0 Å². The van der Waals surface area contributed by atoms with E-state index in [1.807, 2.05) is 0 Å². The number of hydrogen-bond donors (Lipinski definition) is 1. The lowest BCUT2D eigenvalue weighted by Gasteiger charge is -2.25. The second kappa shape index (κ2) is 31.6. The van der Waals surface area contributed by atoms with E-state index in [1.165, 1.54) is 148 Å². The molecule has 0 rings (SSSR count). The Kier molecular flexibility index (Phi) is 31.1. The van der Waals surface area contributed by atoms with Gasteiger partial charge >= 0.3 is 0 Å². The number of aliphatic hydroxyl groups is 1. The van der Waals surface area contributed by atoms with Crippen LogP contribution in [0.15, 0.2) is 24.3 Å². The standard InChI is InChI=1S/C35H69NO/c1-4-7-10-12-13-14-15-16-17-18-19-20-21-22-23-24-26-31-36(32-27-34-37)33-30-35(28-9-6-3)29-25-11-8-5-2/h13-14,16-17,35,37H,4-12,15,18-34H2,1-3H3/b14-13-,17-16-. The molecule has 0 radical (unpaired) electrons. The quantitative estimate of drug-likeness (QED) is 0.0753. The van der Waals surface area contributed by atoms with E-state index in [0.29, 0.717) is 6.61 Å². The normalized spacial score (nSPS) is 13.0. The van der Waals surface area contributed by atoms with Crippen molar-refractivity contribution in [1.29, 1.82) is 0 Å². The summed E-state index contributed by atoms with van der Waals surface area (Å²) in [4.78, 5) is 2.66. The smallest absolute Gasteiger partial charge is 0.0443 e. The Bertz CT molecular complexity index is 472. The maximum Gasteiger partial charge on any atom is 0.0443 e. The number of aliphatic hydroxyl groups excluding tert-OH is 1. The van der Waals surface area contributed by atoms with E-state index < -0.39 is 0 Å². The molecule has 0 aliphatic carbocycles. The zero-order chi connectivity index (χ0) is 27.1. The number of rotatable bonds is 30. The van der Waals surface area contributed by atoms with Gasteiger partial charge in [0.05, 0.1) is 0 Å². The maximum absolute atomic E-state index is 9.36. The summed E-state index contributed by atoms with van der Waals surface area (Å²) in [7, 11) is 0. The first kappa shape index (κ1) is 36.4. The van der Waals surface area contributed by atoms with Crippen molar-refractivity contribution >= 4 is 0 Å². The lowest BCUT2D eigenvalue weighted by atomic mass is 9.92. The van der Waals surface area contributed by atoms with Gasteiger partial charge in [0.25, 0.3) is 0 Å². The first-order valence-electron chi connectivity index (χ1n) is 16.9. The van der Waals surface area contributed by atoms with E-state index >= 15 is 0 Å². The minimum absolute atomic E-state index is 0.331. The summed E-state index contributed by atoms with van der Waals surface area (Å²) in [5.41, 5.74) is 0. The van der Waals surface area contributed by atoms with Gasteiger partial charge in [-0.2, -0.15) is 0 Å². The van der Waals surface area contributed by atoms with Crippen molar-refractivity contribution in [2.75, 3.05) is 26.2 Å². The van der Waals surface area contributed by atoms with Crippen molar-refractivity contribution in [2.24, 2.45) is 5.92 Å².